The fraction of sp³-hybridized carbons (Fsp3) is 0.0952. The third kappa shape index (κ3) is 3.01. The molecule has 0 saturated carbocycles. The molecule has 6 nitrogen and oxygen atoms in total. The number of nitrogens with zero attached hydrogens (tertiary/aromatic N) is 1. The van der Waals surface area contributed by atoms with E-state index in [2.05, 4.69) is 0 Å². The molecule has 0 radical (unpaired) electrons. The summed E-state index contributed by atoms with van der Waals surface area (Å²) in [5.74, 6) is 0.597. The van der Waals surface area contributed by atoms with Crippen molar-refractivity contribution in [2.75, 3.05) is 0 Å². The number of rotatable bonds is 4. The van der Waals surface area contributed by atoms with Crippen LogP contribution in [0.2, 0.25) is 0 Å². The average Bonchev–Trinajstić information content (AvgIpc) is 2.68. The van der Waals surface area contributed by atoms with E-state index in [-0.39, 0.29) is 17.9 Å². The van der Waals surface area contributed by atoms with Gasteiger partial charge in [0, 0.05) is 23.1 Å². The summed E-state index contributed by atoms with van der Waals surface area (Å²) in [4.78, 5) is 22.5. The van der Waals surface area contributed by atoms with Crippen molar-refractivity contribution < 1.29 is 14.1 Å². The summed E-state index contributed by atoms with van der Waals surface area (Å²) in [6.07, 6.45) is 0. The van der Waals surface area contributed by atoms with Gasteiger partial charge >= 0.3 is 5.63 Å². The Bertz CT molecular complexity index is 1230. The fourth-order valence-corrected chi connectivity index (χ4v) is 3.09. The van der Waals surface area contributed by atoms with Crippen LogP contribution in [0.5, 0.6) is 5.75 Å². The van der Waals surface area contributed by atoms with Gasteiger partial charge in [-0.3, -0.25) is 10.1 Å². The lowest BCUT2D eigenvalue weighted by atomic mass is 10.0. The number of ether oxygens (including phenoxy) is 1. The lowest BCUT2D eigenvalue weighted by Crippen LogP contribution is -2.02. The molecule has 4 aromatic rings. The molecule has 6 heteroatoms. The summed E-state index contributed by atoms with van der Waals surface area (Å²) in [5, 5.41) is 13.0. The molecule has 0 aliphatic heterocycles. The van der Waals surface area contributed by atoms with Gasteiger partial charge in [0.05, 0.1) is 10.3 Å². The Morgan fingerprint density at radius 1 is 0.963 bits per heavy atom. The molecule has 4 rings (SSSR count). The molecule has 0 spiro atoms. The first kappa shape index (κ1) is 16.8. The van der Waals surface area contributed by atoms with Gasteiger partial charge < -0.3 is 9.15 Å². The second kappa shape index (κ2) is 6.57. The predicted octanol–water partition coefficient (Wildman–Crippen LogP) is 4.74. The normalized spacial score (nSPS) is 11.0. The number of nitro benzene ring substituents is 1. The second-order valence-electron chi connectivity index (χ2n) is 6.21. The van der Waals surface area contributed by atoms with Gasteiger partial charge in [0.25, 0.3) is 5.69 Å². The van der Waals surface area contributed by atoms with Crippen LogP contribution in [0, 0.1) is 17.0 Å². The molecule has 0 atom stereocenters. The summed E-state index contributed by atoms with van der Waals surface area (Å²) in [6, 6.07) is 17.2. The van der Waals surface area contributed by atoms with Crippen molar-refractivity contribution in [1.29, 1.82) is 0 Å². The Hall–Kier alpha value is -3.67. The molecule has 0 unspecified atom stereocenters. The molecule has 1 heterocycles. The van der Waals surface area contributed by atoms with Crippen molar-refractivity contribution in [2.24, 2.45) is 0 Å². The van der Waals surface area contributed by atoms with E-state index in [1.54, 1.807) is 24.3 Å². The zero-order valence-corrected chi connectivity index (χ0v) is 14.5. The quantitative estimate of drug-likeness (QED) is 0.227. The minimum absolute atomic E-state index is 0.0364. The number of non-ortho nitro benzene ring substituents is 1. The molecule has 3 aromatic carbocycles. The van der Waals surface area contributed by atoms with Crippen molar-refractivity contribution in [2.45, 2.75) is 13.5 Å². The van der Waals surface area contributed by atoms with Gasteiger partial charge in [0.2, 0.25) is 0 Å². The SMILES string of the molecule is Cc1c(OCc2ccc([N+](=O)[O-])cc2)ccc2c1oc(=O)c1ccccc12. The van der Waals surface area contributed by atoms with E-state index in [0.717, 1.165) is 21.9 Å². The van der Waals surface area contributed by atoms with Gasteiger partial charge in [-0.2, -0.15) is 0 Å². The van der Waals surface area contributed by atoms with Gasteiger partial charge in [-0.05, 0) is 48.2 Å². The number of hydrogen-bond acceptors (Lipinski definition) is 5. The van der Waals surface area contributed by atoms with Gasteiger partial charge in [-0.1, -0.05) is 18.2 Å². The largest absolute Gasteiger partial charge is 0.488 e. The molecular formula is C21H15NO5. The third-order valence-electron chi connectivity index (χ3n) is 4.53. The fourth-order valence-electron chi connectivity index (χ4n) is 3.09. The molecule has 0 aliphatic rings. The number of fused-ring (bicyclic) bond motifs is 3. The highest BCUT2D eigenvalue weighted by Gasteiger charge is 2.12. The first-order valence-electron chi connectivity index (χ1n) is 8.36. The highest BCUT2D eigenvalue weighted by Crippen LogP contribution is 2.31. The summed E-state index contributed by atoms with van der Waals surface area (Å²) >= 11 is 0. The molecule has 0 aliphatic carbocycles. The zero-order chi connectivity index (χ0) is 19.0. The Morgan fingerprint density at radius 2 is 1.67 bits per heavy atom. The Balaban J connectivity index is 1.68. The number of hydrogen-bond donors (Lipinski definition) is 0. The van der Waals surface area contributed by atoms with Crippen LogP contribution < -0.4 is 10.4 Å². The standard InChI is InChI=1S/C21H15NO5/c1-13-19(26-12-14-6-8-15(9-7-14)22(24)25)11-10-17-16-4-2-3-5-18(16)21(23)27-20(13)17/h2-11H,12H2,1H3. The predicted molar refractivity (Wildman–Crippen MR) is 102 cm³/mol. The van der Waals surface area contributed by atoms with Crippen molar-refractivity contribution in [3.8, 4) is 5.75 Å². The van der Waals surface area contributed by atoms with Crippen molar-refractivity contribution in [3.63, 3.8) is 0 Å². The summed E-state index contributed by atoms with van der Waals surface area (Å²) in [6.45, 7) is 2.09. The van der Waals surface area contributed by atoms with Crippen LogP contribution in [0.15, 0.2) is 69.9 Å². The summed E-state index contributed by atoms with van der Waals surface area (Å²) < 4.78 is 11.4. The van der Waals surface area contributed by atoms with Crippen LogP contribution in [-0.2, 0) is 6.61 Å². The smallest absolute Gasteiger partial charge is 0.344 e. The minimum atomic E-state index is -0.440. The lowest BCUT2D eigenvalue weighted by molar-refractivity contribution is -0.384. The molecule has 0 N–H and O–H groups in total. The van der Waals surface area contributed by atoms with E-state index in [1.807, 2.05) is 31.2 Å². The topological polar surface area (TPSA) is 82.6 Å². The maximum Gasteiger partial charge on any atom is 0.344 e. The summed E-state index contributed by atoms with van der Waals surface area (Å²) in [5.41, 5.74) is 1.69. The first-order chi connectivity index (χ1) is 13.0. The summed E-state index contributed by atoms with van der Waals surface area (Å²) in [7, 11) is 0. The zero-order valence-electron chi connectivity index (χ0n) is 14.5. The molecular weight excluding hydrogens is 346 g/mol. The molecule has 0 bridgehead atoms. The maximum absolute atomic E-state index is 12.3. The van der Waals surface area contributed by atoms with E-state index in [1.165, 1.54) is 12.1 Å². The molecule has 1 aromatic heterocycles. The molecule has 27 heavy (non-hydrogen) atoms. The van der Waals surface area contributed by atoms with E-state index in [0.29, 0.717) is 16.7 Å². The monoisotopic (exact) mass is 361 g/mol. The van der Waals surface area contributed by atoms with Crippen molar-refractivity contribution in [1.82, 2.24) is 0 Å². The van der Waals surface area contributed by atoms with Gasteiger partial charge in [-0.25, -0.2) is 4.79 Å². The number of aryl methyl sites for hydroxylation is 1. The minimum Gasteiger partial charge on any atom is -0.488 e. The van der Waals surface area contributed by atoms with Gasteiger partial charge in [0.1, 0.15) is 17.9 Å². The molecule has 0 amide bonds. The van der Waals surface area contributed by atoms with Crippen LogP contribution in [0.25, 0.3) is 21.7 Å². The average molecular weight is 361 g/mol. The van der Waals surface area contributed by atoms with Crippen LogP contribution in [-0.4, -0.2) is 4.92 Å². The first-order valence-corrected chi connectivity index (χ1v) is 8.36. The van der Waals surface area contributed by atoms with E-state index in [4.69, 9.17) is 9.15 Å². The van der Waals surface area contributed by atoms with E-state index >= 15 is 0 Å². The van der Waals surface area contributed by atoms with E-state index < -0.39 is 4.92 Å². The van der Waals surface area contributed by atoms with Crippen molar-refractivity contribution >= 4 is 27.4 Å². The molecule has 134 valence electrons. The molecule has 0 fully saturated rings. The highest BCUT2D eigenvalue weighted by molar-refractivity contribution is 6.05. The molecule has 0 saturated heterocycles. The Morgan fingerprint density at radius 3 is 2.37 bits per heavy atom. The maximum atomic E-state index is 12.3. The van der Waals surface area contributed by atoms with Crippen LogP contribution >= 0.6 is 0 Å². The van der Waals surface area contributed by atoms with Crippen LogP contribution in [0.4, 0.5) is 5.69 Å². The Labute approximate surface area is 153 Å². The second-order valence-corrected chi connectivity index (χ2v) is 6.21. The van der Waals surface area contributed by atoms with Crippen LogP contribution in [0.3, 0.4) is 0 Å². The van der Waals surface area contributed by atoms with Gasteiger partial charge in [0.15, 0.2) is 0 Å². The Kier molecular flexibility index (Phi) is 4.08. The van der Waals surface area contributed by atoms with E-state index in [9.17, 15) is 14.9 Å². The third-order valence-corrected chi connectivity index (χ3v) is 4.53. The highest BCUT2D eigenvalue weighted by atomic mass is 16.6. The van der Waals surface area contributed by atoms with Crippen molar-refractivity contribution in [3.05, 3.63) is 92.3 Å². The van der Waals surface area contributed by atoms with Gasteiger partial charge in [-0.15, -0.1) is 0 Å². The van der Waals surface area contributed by atoms with Crippen LogP contribution in [0.1, 0.15) is 11.1 Å². The number of benzene rings is 3. The lowest BCUT2D eigenvalue weighted by Gasteiger charge is -2.11. The number of nitro groups is 1.